The van der Waals surface area contributed by atoms with E-state index >= 15 is 0 Å². The Morgan fingerprint density at radius 1 is 0.656 bits per heavy atom. The molecule has 0 heterocycles. The van der Waals surface area contributed by atoms with Crippen molar-refractivity contribution in [1.29, 1.82) is 0 Å². The molecule has 166 valence electrons. The van der Waals surface area contributed by atoms with Crippen LogP contribution < -0.4 is 0 Å². The first kappa shape index (κ1) is 23.3. The van der Waals surface area contributed by atoms with Crippen molar-refractivity contribution in [3.63, 3.8) is 0 Å². The lowest BCUT2D eigenvalue weighted by Crippen LogP contribution is -2.44. The molecule has 1 atom stereocenters. The van der Waals surface area contributed by atoms with Gasteiger partial charge in [0, 0.05) is 0 Å². The number of rotatable bonds is 7. The van der Waals surface area contributed by atoms with Crippen molar-refractivity contribution in [2.45, 2.75) is 46.3 Å². The maximum absolute atomic E-state index is 13.1. The highest BCUT2D eigenvalue weighted by molar-refractivity contribution is 6.00. The molecular formula is C28H30O4. The lowest BCUT2D eigenvalue weighted by Gasteiger charge is -2.30. The summed E-state index contributed by atoms with van der Waals surface area (Å²) < 4.78 is 11.2. The van der Waals surface area contributed by atoms with E-state index in [1.807, 2.05) is 84.9 Å². The Labute approximate surface area is 190 Å². The molecule has 4 nitrogen and oxygen atoms in total. The Bertz CT molecular complexity index is 1030. The van der Waals surface area contributed by atoms with Crippen molar-refractivity contribution in [2.75, 3.05) is 0 Å². The molecule has 0 N–H and O–H groups in total. The summed E-state index contributed by atoms with van der Waals surface area (Å²) in [5.74, 6) is -1.18. The molecule has 0 spiro atoms. The third kappa shape index (κ3) is 6.07. The van der Waals surface area contributed by atoms with Crippen LogP contribution in [0.1, 0.15) is 38.8 Å². The number of hydrogen-bond donors (Lipinski definition) is 0. The van der Waals surface area contributed by atoms with Crippen LogP contribution in [0, 0.1) is 5.41 Å². The minimum atomic E-state index is -1.45. The molecule has 0 fully saturated rings. The first-order valence-corrected chi connectivity index (χ1v) is 10.8. The average molecular weight is 431 g/mol. The van der Waals surface area contributed by atoms with Gasteiger partial charge in [0.05, 0.1) is 0 Å². The fraction of sp³-hybridized carbons (Fsp3) is 0.286. The van der Waals surface area contributed by atoms with Gasteiger partial charge in [-0.05, 0) is 56.4 Å². The van der Waals surface area contributed by atoms with Gasteiger partial charge in [-0.3, -0.25) is 9.59 Å². The molecule has 0 aliphatic heterocycles. The highest BCUT2D eigenvalue weighted by atomic mass is 16.6. The number of ether oxygens (including phenoxy) is 2. The zero-order valence-electron chi connectivity index (χ0n) is 19.1. The van der Waals surface area contributed by atoms with Crippen molar-refractivity contribution in [3.8, 4) is 11.1 Å². The number of benzene rings is 3. The summed E-state index contributed by atoms with van der Waals surface area (Å²) in [5.41, 5.74) is 1.77. The number of esters is 2. The second-order valence-electron chi connectivity index (χ2n) is 9.14. The topological polar surface area (TPSA) is 52.6 Å². The summed E-state index contributed by atoms with van der Waals surface area (Å²) in [6.45, 7) is 7.03. The molecule has 0 amide bonds. The molecule has 0 aliphatic rings. The van der Waals surface area contributed by atoms with E-state index in [0.717, 1.165) is 22.3 Å². The zero-order valence-corrected chi connectivity index (χ0v) is 19.1. The normalized spacial score (nSPS) is 13.1. The average Bonchev–Trinajstić information content (AvgIpc) is 2.78. The van der Waals surface area contributed by atoms with Gasteiger partial charge in [0.25, 0.3) is 0 Å². The first-order valence-electron chi connectivity index (χ1n) is 10.8. The van der Waals surface area contributed by atoms with Crippen LogP contribution in [0.3, 0.4) is 0 Å². The summed E-state index contributed by atoms with van der Waals surface area (Å²) >= 11 is 0. The van der Waals surface area contributed by atoms with Gasteiger partial charge >= 0.3 is 11.9 Å². The largest absolute Gasteiger partial charge is 0.460 e. The minimum Gasteiger partial charge on any atom is -0.460 e. The molecular weight excluding hydrogens is 400 g/mol. The molecule has 3 rings (SSSR count). The van der Waals surface area contributed by atoms with E-state index in [0.29, 0.717) is 0 Å². The molecule has 0 bridgehead atoms. The van der Waals surface area contributed by atoms with E-state index in [1.165, 1.54) is 0 Å². The van der Waals surface area contributed by atoms with Crippen LogP contribution in [-0.4, -0.2) is 17.5 Å². The first-order chi connectivity index (χ1) is 15.2. The van der Waals surface area contributed by atoms with Gasteiger partial charge in [-0.25, -0.2) is 0 Å². The highest BCUT2D eigenvalue weighted by Crippen LogP contribution is 2.29. The number of carbonyl (C=O) groups excluding carboxylic acids is 2. The Morgan fingerprint density at radius 3 is 1.75 bits per heavy atom. The van der Waals surface area contributed by atoms with Crippen LogP contribution in [0.15, 0.2) is 84.9 Å². The second kappa shape index (κ2) is 9.82. The van der Waals surface area contributed by atoms with Gasteiger partial charge in [-0.15, -0.1) is 0 Å². The molecule has 0 saturated heterocycles. The highest BCUT2D eigenvalue weighted by Gasteiger charge is 2.46. The standard InChI is InChI=1S/C28H30O4/c1-27(2,3)32-26(30)28(4,19-21-11-7-5-8-12-21)25(29)31-20-22-15-17-24(18-16-22)23-13-9-6-10-14-23/h5-18H,19-20H2,1-4H3/t28-/m0/s1. The smallest absolute Gasteiger partial charge is 0.324 e. The summed E-state index contributed by atoms with van der Waals surface area (Å²) in [4.78, 5) is 26.2. The molecule has 0 saturated carbocycles. The van der Waals surface area contributed by atoms with E-state index in [-0.39, 0.29) is 13.0 Å². The van der Waals surface area contributed by atoms with Crippen LogP contribution in [0.4, 0.5) is 0 Å². The zero-order chi connectivity index (χ0) is 23.2. The second-order valence-corrected chi connectivity index (χ2v) is 9.14. The molecule has 32 heavy (non-hydrogen) atoms. The fourth-order valence-electron chi connectivity index (χ4n) is 3.35. The van der Waals surface area contributed by atoms with Crippen molar-refractivity contribution < 1.29 is 19.1 Å². The van der Waals surface area contributed by atoms with Crippen LogP contribution >= 0.6 is 0 Å². The van der Waals surface area contributed by atoms with Crippen LogP contribution in [0.5, 0.6) is 0 Å². The Kier molecular flexibility index (Phi) is 7.14. The van der Waals surface area contributed by atoms with Crippen LogP contribution in [-0.2, 0) is 32.1 Å². The molecule has 3 aromatic rings. The molecule has 0 radical (unpaired) electrons. The van der Waals surface area contributed by atoms with Gasteiger partial charge in [-0.1, -0.05) is 84.9 Å². The third-order valence-electron chi connectivity index (χ3n) is 5.13. The van der Waals surface area contributed by atoms with Gasteiger partial charge in [0.2, 0.25) is 0 Å². The van der Waals surface area contributed by atoms with Gasteiger partial charge in [0.15, 0.2) is 5.41 Å². The number of hydrogen-bond acceptors (Lipinski definition) is 4. The van der Waals surface area contributed by atoms with E-state index in [9.17, 15) is 9.59 Å². The SMILES string of the molecule is CC(C)(C)OC(=O)[C@@](C)(Cc1ccccc1)C(=O)OCc1ccc(-c2ccccc2)cc1. The minimum absolute atomic E-state index is 0.0844. The molecule has 0 unspecified atom stereocenters. The lowest BCUT2D eigenvalue weighted by atomic mass is 9.83. The summed E-state index contributed by atoms with van der Waals surface area (Å²) in [6, 6.07) is 27.3. The lowest BCUT2D eigenvalue weighted by molar-refractivity contribution is -0.179. The maximum atomic E-state index is 13.1. The van der Waals surface area contributed by atoms with Gasteiger partial charge in [0.1, 0.15) is 12.2 Å². The van der Waals surface area contributed by atoms with Crippen molar-refractivity contribution >= 4 is 11.9 Å². The monoisotopic (exact) mass is 430 g/mol. The van der Waals surface area contributed by atoms with Gasteiger partial charge in [-0.2, -0.15) is 0 Å². The van der Waals surface area contributed by atoms with Crippen LogP contribution in [0.25, 0.3) is 11.1 Å². The van der Waals surface area contributed by atoms with E-state index < -0.39 is 23.0 Å². The summed E-state index contributed by atoms with van der Waals surface area (Å²) in [5, 5.41) is 0. The maximum Gasteiger partial charge on any atom is 0.324 e. The van der Waals surface area contributed by atoms with E-state index in [1.54, 1.807) is 27.7 Å². The van der Waals surface area contributed by atoms with Gasteiger partial charge < -0.3 is 9.47 Å². The molecule has 3 aromatic carbocycles. The predicted molar refractivity (Wildman–Crippen MR) is 126 cm³/mol. The van der Waals surface area contributed by atoms with E-state index in [2.05, 4.69) is 0 Å². The van der Waals surface area contributed by atoms with Crippen molar-refractivity contribution in [2.24, 2.45) is 5.41 Å². The Balaban J connectivity index is 1.73. The quantitative estimate of drug-likeness (QED) is 0.341. The van der Waals surface area contributed by atoms with Crippen molar-refractivity contribution in [3.05, 3.63) is 96.1 Å². The molecule has 0 aliphatic carbocycles. The Hall–Kier alpha value is -3.40. The van der Waals surface area contributed by atoms with Crippen molar-refractivity contribution in [1.82, 2.24) is 0 Å². The molecule has 4 heteroatoms. The van der Waals surface area contributed by atoms with E-state index in [4.69, 9.17) is 9.47 Å². The summed E-state index contributed by atoms with van der Waals surface area (Å²) in [7, 11) is 0. The predicted octanol–water partition coefficient (Wildman–Crippen LogP) is 5.99. The van der Waals surface area contributed by atoms with Crippen LogP contribution in [0.2, 0.25) is 0 Å². The molecule has 0 aromatic heterocycles. The summed E-state index contributed by atoms with van der Waals surface area (Å²) in [6.07, 6.45) is 0.203. The number of carbonyl (C=O) groups is 2. The fourth-order valence-corrected chi connectivity index (χ4v) is 3.35. The Morgan fingerprint density at radius 2 is 1.19 bits per heavy atom. The third-order valence-corrected chi connectivity index (χ3v) is 5.13.